The normalized spacial score (nSPS) is 13.9. The van der Waals surface area contributed by atoms with Crippen molar-refractivity contribution in [1.29, 1.82) is 0 Å². The number of anilines is 1. The third kappa shape index (κ3) is 3.25. The van der Waals surface area contributed by atoms with Gasteiger partial charge >= 0.3 is 5.84 Å². The zero-order chi connectivity index (χ0) is 20.4. The maximum Gasteiger partial charge on any atom is 0.323 e. The SMILES string of the molecule is [C-]#[N+]C1=Nn2c(nnc2-c2cnccn2)C1=Nc1ccc(N(CC)CC)cc1C. The molecular weight excluding hydrogens is 366 g/mol. The van der Waals surface area contributed by atoms with Crippen LogP contribution in [0.4, 0.5) is 11.4 Å². The number of rotatable bonds is 5. The van der Waals surface area contributed by atoms with Gasteiger partial charge in [-0.15, -0.1) is 14.9 Å². The van der Waals surface area contributed by atoms with Gasteiger partial charge in [-0.25, -0.2) is 4.98 Å². The molecule has 0 spiro atoms. The van der Waals surface area contributed by atoms with E-state index >= 15 is 0 Å². The van der Waals surface area contributed by atoms with Crippen LogP contribution >= 0.6 is 0 Å². The van der Waals surface area contributed by atoms with Crippen molar-refractivity contribution in [2.75, 3.05) is 18.0 Å². The summed E-state index contributed by atoms with van der Waals surface area (Å²) in [7, 11) is 0. The number of hydrogen-bond acceptors (Lipinski definition) is 7. The second-order valence-electron chi connectivity index (χ2n) is 6.39. The van der Waals surface area contributed by atoms with Crippen LogP contribution in [0.25, 0.3) is 16.4 Å². The highest BCUT2D eigenvalue weighted by Gasteiger charge is 2.32. The lowest BCUT2D eigenvalue weighted by Crippen LogP contribution is -2.21. The van der Waals surface area contributed by atoms with Gasteiger partial charge in [0.25, 0.3) is 0 Å². The van der Waals surface area contributed by atoms with Gasteiger partial charge < -0.3 is 9.74 Å². The van der Waals surface area contributed by atoms with E-state index in [4.69, 9.17) is 11.6 Å². The number of aromatic nitrogens is 5. The number of aliphatic imine (C=N–C) groups is 1. The molecule has 0 bridgehead atoms. The van der Waals surface area contributed by atoms with Gasteiger partial charge in [-0.1, -0.05) is 6.57 Å². The lowest BCUT2D eigenvalue weighted by molar-refractivity contribution is 0.865. The Hall–Kier alpha value is -3.93. The Morgan fingerprint density at radius 3 is 2.59 bits per heavy atom. The van der Waals surface area contributed by atoms with Crippen LogP contribution in [0.1, 0.15) is 25.2 Å². The molecule has 144 valence electrons. The molecule has 0 saturated heterocycles. The molecule has 0 amide bonds. The molecule has 0 saturated carbocycles. The summed E-state index contributed by atoms with van der Waals surface area (Å²) >= 11 is 0. The number of amidine groups is 1. The molecule has 0 fully saturated rings. The lowest BCUT2D eigenvalue weighted by Gasteiger charge is -2.21. The highest BCUT2D eigenvalue weighted by Crippen LogP contribution is 2.27. The average molecular weight is 385 g/mol. The van der Waals surface area contributed by atoms with E-state index in [9.17, 15) is 0 Å². The summed E-state index contributed by atoms with van der Waals surface area (Å²) < 4.78 is 1.50. The molecule has 3 heterocycles. The number of benzene rings is 1. The van der Waals surface area contributed by atoms with E-state index < -0.39 is 0 Å². The van der Waals surface area contributed by atoms with E-state index in [-0.39, 0.29) is 5.84 Å². The molecule has 0 radical (unpaired) electrons. The standard InChI is InChI=1S/C20H19N9/c1-5-28(6-2)14-7-8-15(13(3)11-14)24-17-18(21-4)27-29-19(25-26-20(17)29)16-12-22-9-10-23-16/h7-12H,5-6H2,1-3H3. The molecule has 29 heavy (non-hydrogen) atoms. The van der Waals surface area contributed by atoms with Gasteiger partial charge in [0, 0.05) is 31.2 Å². The predicted molar refractivity (Wildman–Crippen MR) is 111 cm³/mol. The Labute approximate surface area is 168 Å². The molecule has 2 aromatic heterocycles. The molecule has 1 aliphatic rings. The second kappa shape index (κ2) is 7.59. The largest absolute Gasteiger partial charge is 0.372 e. The van der Waals surface area contributed by atoms with Gasteiger partial charge in [-0.2, -0.15) is 0 Å². The van der Waals surface area contributed by atoms with E-state index in [2.05, 4.69) is 54.9 Å². The number of aryl methyl sites for hydroxylation is 1. The topological polar surface area (TPSA) is 88.8 Å². The first kappa shape index (κ1) is 18.4. The van der Waals surface area contributed by atoms with Gasteiger partial charge in [-0.3, -0.25) is 9.98 Å². The van der Waals surface area contributed by atoms with Gasteiger partial charge in [-0.05, 0) is 49.6 Å². The van der Waals surface area contributed by atoms with Gasteiger partial charge in [0.15, 0.2) is 0 Å². The van der Waals surface area contributed by atoms with Crippen LogP contribution in [0.2, 0.25) is 0 Å². The van der Waals surface area contributed by atoms with E-state index in [0.717, 1.165) is 30.0 Å². The van der Waals surface area contributed by atoms with E-state index in [1.54, 1.807) is 18.6 Å². The van der Waals surface area contributed by atoms with Crippen molar-refractivity contribution < 1.29 is 0 Å². The quantitative estimate of drug-likeness (QED) is 0.630. The van der Waals surface area contributed by atoms with Crippen molar-refractivity contribution in [2.45, 2.75) is 20.8 Å². The third-order valence-electron chi connectivity index (χ3n) is 4.70. The molecular formula is C20H19N9. The Balaban J connectivity index is 1.76. The number of hydrogen-bond donors (Lipinski definition) is 0. The molecule has 9 nitrogen and oxygen atoms in total. The van der Waals surface area contributed by atoms with Crippen molar-refractivity contribution in [3.05, 3.63) is 59.6 Å². The summed E-state index contributed by atoms with van der Waals surface area (Å²) in [5, 5.41) is 12.7. The fourth-order valence-corrected chi connectivity index (χ4v) is 3.18. The molecule has 1 aliphatic heterocycles. The fraction of sp³-hybridized carbons (Fsp3) is 0.250. The summed E-state index contributed by atoms with van der Waals surface area (Å²) in [6.07, 6.45) is 4.73. The maximum atomic E-state index is 7.50. The van der Waals surface area contributed by atoms with Crippen molar-refractivity contribution in [1.82, 2.24) is 24.8 Å². The van der Waals surface area contributed by atoms with Gasteiger partial charge in [0.1, 0.15) is 11.4 Å². The first-order chi connectivity index (χ1) is 14.2. The van der Waals surface area contributed by atoms with E-state index in [1.807, 2.05) is 19.1 Å². The van der Waals surface area contributed by atoms with Crippen molar-refractivity contribution >= 4 is 22.9 Å². The monoisotopic (exact) mass is 385 g/mol. The Kier molecular flexibility index (Phi) is 4.83. The van der Waals surface area contributed by atoms with Gasteiger partial charge in [0.05, 0.1) is 11.9 Å². The summed E-state index contributed by atoms with van der Waals surface area (Å²) in [5.41, 5.74) is 3.86. The second-order valence-corrected chi connectivity index (χ2v) is 6.39. The Morgan fingerprint density at radius 1 is 1.14 bits per heavy atom. The Morgan fingerprint density at radius 2 is 1.93 bits per heavy atom. The minimum absolute atomic E-state index is 0.173. The Bertz CT molecular complexity index is 1150. The van der Waals surface area contributed by atoms with Crippen LogP contribution in [-0.4, -0.2) is 49.5 Å². The number of nitrogens with zero attached hydrogens (tertiary/aromatic N) is 9. The summed E-state index contributed by atoms with van der Waals surface area (Å²) in [6, 6.07) is 6.10. The summed E-state index contributed by atoms with van der Waals surface area (Å²) in [6.45, 7) is 15.6. The van der Waals surface area contributed by atoms with Crippen LogP contribution in [0.3, 0.4) is 0 Å². The predicted octanol–water partition coefficient (Wildman–Crippen LogP) is 3.11. The van der Waals surface area contributed by atoms with Crippen LogP contribution in [-0.2, 0) is 0 Å². The van der Waals surface area contributed by atoms with Crippen LogP contribution < -0.4 is 4.90 Å². The van der Waals surface area contributed by atoms with Crippen LogP contribution in [0.15, 0.2) is 46.9 Å². The minimum atomic E-state index is 0.173. The van der Waals surface area contributed by atoms with E-state index in [0.29, 0.717) is 23.1 Å². The molecule has 1 aromatic carbocycles. The maximum absolute atomic E-state index is 7.50. The minimum Gasteiger partial charge on any atom is -0.372 e. The van der Waals surface area contributed by atoms with Crippen LogP contribution in [0.5, 0.6) is 0 Å². The van der Waals surface area contributed by atoms with Crippen molar-refractivity contribution in [3.63, 3.8) is 0 Å². The fourth-order valence-electron chi connectivity index (χ4n) is 3.18. The molecule has 0 atom stereocenters. The molecule has 0 N–H and O–H groups in total. The van der Waals surface area contributed by atoms with Gasteiger partial charge in [0.2, 0.25) is 11.6 Å². The number of fused-ring (bicyclic) bond motifs is 1. The van der Waals surface area contributed by atoms with Crippen molar-refractivity contribution in [2.24, 2.45) is 10.1 Å². The molecule has 4 rings (SSSR count). The summed E-state index contributed by atoms with van der Waals surface area (Å²) in [4.78, 5) is 18.8. The highest BCUT2D eigenvalue weighted by molar-refractivity contribution is 6.51. The zero-order valence-corrected chi connectivity index (χ0v) is 16.4. The summed E-state index contributed by atoms with van der Waals surface area (Å²) in [5.74, 6) is 1.02. The highest BCUT2D eigenvalue weighted by atomic mass is 15.5. The zero-order valence-electron chi connectivity index (χ0n) is 16.4. The molecule has 9 heteroatoms. The first-order valence-electron chi connectivity index (χ1n) is 9.29. The average Bonchev–Trinajstić information content (AvgIpc) is 3.31. The smallest absolute Gasteiger partial charge is 0.323 e. The first-order valence-corrected chi connectivity index (χ1v) is 9.29. The van der Waals surface area contributed by atoms with E-state index in [1.165, 1.54) is 4.68 Å². The lowest BCUT2D eigenvalue weighted by atomic mass is 10.1. The molecule has 0 aliphatic carbocycles. The van der Waals surface area contributed by atoms with Crippen LogP contribution in [0, 0.1) is 13.5 Å². The molecule has 3 aromatic rings. The van der Waals surface area contributed by atoms with Crippen molar-refractivity contribution in [3.8, 4) is 11.5 Å². The third-order valence-corrected chi connectivity index (χ3v) is 4.70. The molecule has 0 unspecified atom stereocenters.